The van der Waals surface area contributed by atoms with E-state index in [2.05, 4.69) is 11.9 Å². The molecule has 0 radical (unpaired) electrons. The van der Waals surface area contributed by atoms with Gasteiger partial charge in [0.1, 0.15) is 0 Å². The van der Waals surface area contributed by atoms with E-state index in [4.69, 9.17) is 9.47 Å². The summed E-state index contributed by atoms with van der Waals surface area (Å²) in [6, 6.07) is 0. The molecule has 0 atom stereocenters. The minimum atomic E-state index is -0.107. The molecule has 0 amide bonds. The third-order valence-corrected chi connectivity index (χ3v) is 2.95. The van der Waals surface area contributed by atoms with E-state index in [9.17, 15) is 9.59 Å². The van der Waals surface area contributed by atoms with E-state index in [0.717, 1.165) is 38.8 Å². The van der Waals surface area contributed by atoms with Crippen molar-refractivity contribution in [3.05, 3.63) is 0 Å². The van der Waals surface area contributed by atoms with E-state index < -0.39 is 0 Å². The second-order valence-corrected chi connectivity index (χ2v) is 4.83. The Hall–Kier alpha value is -1.10. The maximum atomic E-state index is 11.1. The molecule has 0 saturated carbocycles. The van der Waals surface area contributed by atoms with E-state index in [0.29, 0.717) is 26.1 Å². The van der Waals surface area contributed by atoms with Crippen LogP contribution in [0, 0.1) is 0 Å². The van der Waals surface area contributed by atoms with Crippen LogP contribution < -0.4 is 0 Å². The van der Waals surface area contributed by atoms with E-state index in [1.54, 1.807) is 0 Å². The van der Waals surface area contributed by atoms with Crippen LogP contribution in [-0.2, 0) is 19.1 Å². The van der Waals surface area contributed by atoms with Gasteiger partial charge >= 0.3 is 11.9 Å². The highest BCUT2D eigenvalue weighted by Gasteiger charge is 2.04. The Morgan fingerprint density at radius 1 is 0.800 bits per heavy atom. The lowest BCUT2D eigenvalue weighted by Gasteiger charge is -2.16. The zero-order chi connectivity index (χ0) is 15.2. The molecular formula is C15H29NO4. The van der Waals surface area contributed by atoms with Gasteiger partial charge in [-0.3, -0.25) is 9.59 Å². The van der Waals surface area contributed by atoms with Gasteiger partial charge in [-0.05, 0) is 59.7 Å². The molecule has 5 nitrogen and oxygen atoms in total. The summed E-state index contributed by atoms with van der Waals surface area (Å²) in [6.07, 6.45) is 4.73. The topological polar surface area (TPSA) is 55.8 Å². The van der Waals surface area contributed by atoms with Gasteiger partial charge in [-0.15, -0.1) is 0 Å². The van der Waals surface area contributed by atoms with E-state index in [1.807, 2.05) is 13.8 Å². The largest absolute Gasteiger partial charge is 0.466 e. The van der Waals surface area contributed by atoms with Gasteiger partial charge < -0.3 is 14.4 Å². The lowest BCUT2D eigenvalue weighted by molar-refractivity contribution is -0.144. The van der Waals surface area contributed by atoms with Crippen molar-refractivity contribution in [1.82, 2.24) is 4.90 Å². The normalized spacial score (nSPS) is 10.6. The fourth-order valence-corrected chi connectivity index (χ4v) is 1.88. The van der Waals surface area contributed by atoms with Crippen LogP contribution in [0.5, 0.6) is 0 Å². The number of hydrogen-bond donors (Lipinski definition) is 0. The molecule has 0 bridgehead atoms. The Balaban J connectivity index is 3.39. The molecule has 0 unspecified atom stereocenters. The first kappa shape index (κ1) is 18.9. The Morgan fingerprint density at radius 2 is 1.20 bits per heavy atom. The van der Waals surface area contributed by atoms with Crippen molar-refractivity contribution in [2.45, 2.75) is 52.4 Å². The molecule has 0 aliphatic rings. The van der Waals surface area contributed by atoms with Crippen LogP contribution in [0.15, 0.2) is 0 Å². The molecule has 0 spiro atoms. The molecule has 0 aliphatic carbocycles. The van der Waals surface area contributed by atoms with E-state index >= 15 is 0 Å². The molecule has 5 heteroatoms. The SMILES string of the molecule is CCOC(=O)CCCCN(C)CCCCC(=O)OCC. The number of carbonyl (C=O) groups is 2. The average Bonchev–Trinajstić information content (AvgIpc) is 2.40. The second kappa shape index (κ2) is 12.9. The van der Waals surface area contributed by atoms with Crippen molar-refractivity contribution in [3.63, 3.8) is 0 Å². The van der Waals surface area contributed by atoms with Crippen LogP contribution in [-0.4, -0.2) is 50.2 Å². The predicted octanol–water partition coefficient (Wildman–Crippen LogP) is 2.39. The molecule has 0 fully saturated rings. The van der Waals surface area contributed by atoms with Gasteiger partial charge in [0.05, 0.1) is 13.2 Å². The maximum absolute atomic E-state index is 11.1. The summed E-state index contributed by atoms with van der Waals surface area (Å²) in [4.78, 5) is 24.5. The molecule has 0 heterocycles. The van der Waals surface area contributed by atoms with Gasteiger partial charge in [-0.1, -0.05) is 0 Å². The summed E-state index contributed by atoms with van der Waals surface area (Å²) >= 11 is 0. The molecule has 0 aromatic heterocycles. The summed E-state index contributed by atoms with van der Waals surface area (Å²) in [5, 5.41) is 0. The average molecular weight is 287 g/mol. The summed E-state index contributed by atoms with van der Waals surface area (Å²) < 4.78 is 9.75. The van der Waals surface area contributed by atoms with Crippen molar-refractivity contribution in [1.29, 1.82) is 0 Å². The zero-order valence-corrected chi connectivity index (χ0v) is 13.2. The summed E-state index contributed by atoms with van der Waals surface area (Å²) in [5.74, 6) is -0.214. The van der Waals surface area contributed by atoms with E-state index in [1.165, 1.54) is 0 Å². The van der Waals surface area contributed by atoms with Crippen molar-refractivity contribution in [2.75, 3.05) is 33.4 Å². The van der Waals surface area contributed by atoms with Crippen molar-refractivity contribution >= 4 is 11.9 Å². The van der Waals surface area contributed by atoms with Gasteiger partial charge in [0.2, 0.25) is 0 Å². The van der Waals surface area contributed by atoms with Crippen LogP contribution >= 0.6 is 0 Å². The molecule has 0 aromatic carbocycles. The molecule has 20 heavy (non-hydrogen) atoms. The highest BCUT2D eigenvalue weighted by atomic mass is 16.5. The number of esters is 2. The number of ether oxygens (including phenoxy) is 2. The Kier molecular flexibility index (Phi) is 12.2. The smallest absolute Gasteiger partial charge is 0.305 e. The van der Waals surface area contributed by atoms with Gasteiger partial charge in [0, 0.05) is 12.8 Å². The highest BCUT2D eigenvalue weighted by molar-refractivity contribution is 5.69. The van der Waals surface area contributed by atoms with Gasteiger partial charge in [-0.25, -0.2) is 0 Å². The number of hydrogen-bond acceptors (Lipinski definition) is 5. The Bertz CT molecular complexity index is 243. The monoisotopic (exact) mass is 287 g/mol. The second-order valence-electron chi connectivity index (χ2n) is 4.83. The van der Waals surface area contributed by atoms with Crippen molar-refractivity contribution in [2.24, 2.45) is 0 Å². The van der Waals surface area contributed by atoms with Crippen LogP contribution in [0.25, 0.3) is 0 Å². The van der Waals surface area contributed by atoms with Crippen LogP contribution in [0.4, 0.5) is 0 Å². The fraction of sp³-hybridized carbons (Fsp3) is 0.867. The Morgan fingerprint density at radius 3 is 1.55 bits per heavy atom. The van der Waals surface area contributed by atoms with Crippen molar-refractivity contribution < 1.29 is 19.1 Å². The molecule has 0 N–H and O–H groups in total. The minimum Gasteiger partial charge on any atom is -0.466 e. The van der Waals surface area contributed by atoms with Gasteiger partial charge in [0.25, 0.3) is 0 Å². The lowest BCUT2D eigenvalue weighted by Crippen LogP contribution is -2.21. The third kappa shape index (κ3) is 12.0. The first-order chi connectivity index (χ1) is 9.60. The van der Waals surface area contributed by atoms with E-state index in [-0.39, 0.29) is 11.9 Å². The minimum absolute atomic E-state index is 0.107. The first-order valence-corrected chi connectivity index (χ1v) is 7.59. The molecule has 0 saturated heterocycles. The molecular weight excluding hydrogens is 258 g/mol. The summed E-state index contributed by atoms with van der Waals surface area (Å²) in [5.41, 5.74) is 0. The molecule has 118 valence electrons. The summed E-state index contributed by atoms with van der Waals surface area (Å²) in [6.45, 7) is 6.50. The number of unbranched alkanes of at least 4 members (excludes halogenated alkanes) is 2. The van der Waals surface area contributed by atoms with Gasteiger partial charge in [-0.2, -0.15) is 0 Å². The third-order valence-electron chi connectivity index (χ3n) is 2.95. The first-order valence-electron chi connectivity index (χ1n) is 7.59. The zero-order valence-electron chi connectivity index (χ0n) is 13.2. The maximum Gasteiger partial charge on any atom is 0.305 e. The Labute approximate surface area is 122 Å². The molecule has 0 aromatic rings. The fourth-order valence-electron chi connectivity index (χ4n) is 1.88. The van der Waals surface area contributed by atoms with Crippen LogP contribution in [0.3, 0.4) is 0 Å². The number of carbonyl (C=O) groups excluding carboxylic acids is 2. The quantitative estimate of drug-likeness (QED) is 0.407. The molecule has 0 rings (SSSR count). The number of nitrogens with zero attached hydrogens (tertiary/aromatic N) is 1. The van der Waals surface area contributed by atoms with Crippen molar-refractivity contribution in [3.8, 4) is 0 Å². The highest BCUT2D eigenvalue weighted by Crippen LogP contribution is 2.03. The summed E-state index contributed by atoms with van der Waals surface area (Å²) in [7, 11) is 2.06. The predicted molar refractivity (Wildman–Crippen MR) is 78.5 cm³/mol. The lowest BCUT2D eigenvalue weighted by atomic mass is 10.2. The van der Waals surface area contributed by atoms with Crippen LogP contribution in [0.2, 0.25) is 0 Å². The van der Waals surface area contributed by atoms with Crippen LogP contribution in [0.1, 0.15) is 52.4 Å². The number of rotatable bonds is 12. The molecule has 0 aliphatic heterocycles. The standard InChI is InChI=1S/C15H29NO4/c1-4-19-14(17)10-6-8-12-16(3)13-9-7-11-15(18)20-5-2/h4-13H2,1-3H3. The van der Waals surface area contributed by atoms with Gasteiger partial charge in [0.15, 0.2) is 0 Å².